The minimum absolute atomic E-state index is 0.0977. The molecule has 2 N–H and O–H groups in total. The lowest BCUT2D eigenvalue weighted by Crippen LogP contribution is -2.18. The molecule has 3 aromatic rings. The van der Waals surface area contributed by atoms with Gasteiger partial charge in [0.2, 0.25) is 11.6 Å². The zero-order chi connectivity index (χ0) is 22.7. The lowest BCUT2D eigenvalue weighted by molar-refractivity contribution is 0.0725. The molecular weight excluding hydrogens is 414 g/mol. The summed E-state index contributed by atoms with van der Waals surface area (Å²) in [6.45, 7) is 3.35. The molecule has 4 nitrogen and oxygen atoms in total. The summed E-state index contributed by atoms with van der Waals surface area (Å²) in [7, 11) is 1.34. The number of rotatable bonds is 7. The minimum atomic E-state index is -1.69. The highest BCUT2D eigenvalue weighted by Crippen LogP contribution is 2.39. The molecular formula is C23H21F4NO3. The Kier molecular flexibility index (Phi) is 6.82. The minimum Gasteiger partial charge on any atom is -0.496 e. The maximum absolute atomic E-state index is 14.9. The van der Waals surface area contributed by atoms with Gasteiger partial charge in [0.15, 0.2) is 17.4 Å². The first-order chi connectivity index (χ1) is 14.8. The van der Waals surface area contributed by atoms with Crippen LogP contribution in [0.2, 0.25) is 0 Å². The maximum Gasteiger partial charge on any atom is 0.204 e. The van der Waals surface area contributed by atoms with Gasteiger partial charge in [0, 0.05) is 5.56 Å². The van der Waals surface area contributed by atoms with Gasteiger partial charge in [0.1, 0.15) is 18.5 Å². The molecule has 8 heteroatoms. The third kappa shape index (κ3) is 4.50. The molecule has 1 atom stereocenters. The zero-order valence-corrected chi connectivity index (χ0v) is 17.1. The Morgan fingerprint density at radius 3 is 1.97 bits per heavy atom. The Morgan fingerprint density at radius 1 is 0.839 bits per heavy atom. The Morgan fingerprint density at radius 2 is 1.42 bits per heavy atom. The van der Waals surface area contributed by atoms with Gasteiger partial charge >= 0.3 is 0 Å². The standard InChI is InChI=1S/C23H21F4NO3/c1-12-4-7-14(8-5-12)11-30-23-20(26)18(24)17(19(25)21(23)27)22(31-28)15-9-6-13(2)10-16(15)29-3/h4-10,22H,11,28H2,1-3H3. The van der Waals surface area contributed by atoms with Crippen LogP contribution in [0.25, 0.3) is 0 Å². The highest BCUT2D eigenvalue weighted by atomic mass is 19.2. The Bertz CT molecular complexity index is 1060. The molecule has 0 saturated heterocycles. The Labute approximate surface area is 177 Å². The molecule has 0 aliphatic heterocycles. The van der Waals surface area contributed by atoms with Crippen molar-refractivity contribution in [1.82, 2.24) is 0 Å². The van der Waals surface area contributed by atoms with Crippen LogP contribution in [0, 0.1) is 37.1 Å². The largest absolute Gasteiger partial charge is 0.496 e. The van der Waals surface area contributed by atoms with E-state index in [0.717, 1.165) is 11.1 Å². The van der Waals surface area contributed by atoms with E-state index < -0.39 is 40.7 Å². The summed E-state index contributed by atoms with van der Waals surface area (Å²) in [5, 5.41) is 0. The second-order valence-corrected chi connectivity index (χ2v) is 7.03. The van der Waals surface area contributed by atoms with Crippen molar-refractivity contribution >= 4 is 0 Å². The number of methoxy groups -OCH3 is 1. The van der Waals surface area contributed by atoms with Crippen molar-refractivity contribution in [3.8, 4) is 11.5 Å². The quantitative estimate of drug-likeness (QED) is 0.306. The Balaban J connectivity index is 2.03. The molecule has 0 spiro atoms. The zero-order valence-electron chi connectivity index (χ0n) is 17.1. The number of nitrogens with two attached hydrogens (primary N) is 1. The number of aryl methyl sites for hydroxylation is 2. The molecule has 3 aromatic carbocycles. The summed E-state index contributed by atoms with van der Waals surface area (Å²) in [6, 6.07) is 11.5. The van der Waals surface area contributed by atoms with Crippen molar-refractivity contribution in [2.45, 2.75) is 26.6 Å². The van der Waals surface area contributed by atoms with Gasteiger partial charge in [-0.15, -0.1) is 0 Å². The molecule has 0 radical (unpaired) electrons. The van der Waals surface area contributed by atoms with Gasteiger partial charge in [0.05, 0.1) is 12.7 Å². The molecule has 0 aliphatic rings. The van der Waals surface area contributed by atoms with Crippen LogP contribution in [0.3, 0.4) is 0 Å². The van der Waals surface area contributed by atoms with Crippen LogP contribution in [0.5, 0.6) is 11.5 Å². The van der Waals surface area contributed by atoms with Gasteiger partial charge < -0.3 is 9.47 Å². The summed E-state index contributed by atoms with van der Waals surface area (Å²) in [5.74, 6) is -2.43. The topological polar surface area (TPSA) is 53.7 Å². The molecule has 0 aromatic heterocycles. The van der Waals surface area contributed by atoms with Crippen molar-refractivity contribution in [3.05, 3.63) is 93.6 Å². The summed E-state index contributed by atoms with van der Waals surface area (Å²) < 4.78 is 69.4. The van der Waals surface area contributed by atoms with Crippen LogP contribution in [0.15, 0.2) is 42.5 Å². The van der Waals surface area contributed by atoms with Gasteiger partial charge in [-0.25, -0.2) is 14.7 Å². The van der Waals surface area contributed by atoms with Crippen LogP contribution in [0.4, 0.5) is 17.6 Å². The first-order valence-electron chi connectivity index (χ1n) is 9.32. The first-order valence-corrected chi connectivity index (χ1v) is 9.32. The highest BCUT2D eigenvalue weighted by molar-refractivity contribution is 5.45. The number of benzene rings is 3. The number of hydrogen-bond donors (Lipinski definition) is 1. The average molecular weight is 435 g/mol. The molecule has 3 rings (SSSR count). The second-order valence-electron chi connectivity index (χ2n) is 7.03. The fourth-order valence-corrected chi connectivity index (χ4v) is 3.16. The van der Waals surface area contributed by atoms with Crippen molar-refractivity contribution in [2.24, 2.45) is 5.90 Å². The van der Waals surface area contributed by atoms with Crippen molar-refractivity contribution < 1.29 is 31.9 Å². The van der Waals surface area contributed by atoms with E-state index in [0.29, 0.717) is 5.56 Å². The predicted octanol–water partition coefficient (Wildman–Crippen LogP) is 5.43. The first kappa shape index (κ1) is 22.6. The molecule has 31 heavy (non-hydrogen) atoms. The molecule has 1 unspecified atom stereocenters. The van der Waals surface area contributed by atoms with Crippen LogP contribution in [-0.2, 0) is 11.4 Å². The van der Waals surface area contributed by atoms with E-state index in [1.54, 1.807) is 43.3 Å². The highest BCUT2D eigenvalue weighted by Gasteiger charge is 2.33. The van der Waals surface area contributed by atoms with Gasteiger partial charge in [-0.2, -0.15) is 8.78 Å². The van der Waals surface area contributed by atoms with E-state index in [2.05, 4.69) is 0 Å². The summed E-state index contributed by atoms with van der Waals surface area (Å²) in [5.41, 5.74) is 1.40. The SMILES string of the molecule is COc1cc(C)ccc1C(ON)c1c(F)c(F)c(OCc2ccc(C)cc2)c(F)c1F. The van der Waals surface area contributed by atoms with E-state index in [9.17, 15) is 17.6 Å². The van der Waals surface area contributed by atoms with Crippen LogP contribution < -0.4 is 15.4 Å². The number of ether oxygens (including phenoxy) is 2. The van der Waals surface area contributed by atoms with Crippen LogP contribution >= 0.6 is 0 Å². The number of hydrogen-bond acceptors (Lipinski definition) is 4. The van der Waals surface area contributed by atoms with Crippen molar-refractivity contribution in [2.75, 3.05) is 7.11 Å². The smallest absolute Gasteiger partial charge is 0.204 e. The predicted molar refractivity (Wildman–Crippen MR) is 107 cm³/mol. The molecule has 0 bridgehead atoms. The van der Waals surface area contributed by atoms with Gasteiger partial charge in [-0.1, -0.05) is 42.0 Å². The van der Waals surface area contributed by atoms with Gasteiger partial charge in [-0.3, -0.25) is 4.84 Å². The molecule has 0 fully saturated rings. The fraction of sp³-hybridized carbons (Fsp3) is 0.217. The van der Waals surface area contributed by atoms with Crippen molar-refractivity contribution in [1.29, 1.82) is 0 Å². The van der Waals surface area contributed by atoms with Gasteiger partial charge in [0.25, 0.3) is 0 Å². The van der Waals surface area contributed by atoms with E-state index in [4.69, 9.17) is 20.2 Å². The lowest BCUT2D eigenvalue weighted by Gasteiger charge is -2.21. The van der Waals surface area contributed by atoms with E-state index in [1.165, 1.54) is 13.2 Å². The van der Waals surface area contributed by atoms with E-state index >= 15 is 0 Å². The summed E-state index contributed by atoms with van der Waals surface area (Å²) >= 11 is 0. The van der Waals surface area contributed by atoms with Crippen LogP contribution in [-0.4, -0.2) is 7.11 Å². The normalized spacial score (nSPS) is 12.0. The molecule has 164 valence electrons. The summed E-state index contributed by atoms with van der Waals surface area (Å²) in [6.07, 6.45) is -1.66. The molecule has 0 aliphatic carbocycles. The third-order valence-corrected chi connectivity index (χ3v) is 4.83. The van der Waals surface area contributed by atoms with E-state index in [-0.39, 0.29) is 17.9 Å². The monoisotopic (exact) mass is 435 g/mol. The molecule has 0 amide bonds. The maximum atomic E-state index is 14.9. The summed E-state index contributed by atoms with van der Waals surface area (Å²) in [4.78, 5) is 4.72. The third-order valence-electron chi connectivity index (χ3n) is 4.83. The second kappa shape index (κ2) is 9.36. The lowest BCUT2D eigenvalue weighted by atomic mass is 9.97. The Hall–Kier alpha value is -3.10. The van der Waals surface area contributed by atoms with Gasteiger partial charge in [-0.05, 0) is 31.0 Å². The van der Waals surface area contributed by atoms with Crippen LogP contribution in [0.1, 0.15) is 33.9 Å². The number of halogens is 4. The van der Waals surface area contributed by atoms with E-state index in [1.807, 2.05) is 6.92 Å². The molecule has 0 heterocycles. The van der Waals surface area contributed by atoms with Crippen molar-refractivity contribution in [3.63, 3.8) is 0 Å². The fourth-order valence-electron chi connectivity index (χ4n) is 3.16. The average Bonchev–Trinajstić information content (AvgIpc) is 2.76. The molecule has 0 saturated carbocycles.